The lowest BCUT2D eigenvalue weighted by Gasteiger charge is -2.13. The maximum Gasteiger partial charge on any atom is 0.296 e. The molecule has 4 aromatic carbocycles. The Hall–Kier alpha value is -4.16. The average molecular weight is 667 g/mol. The van der Waals surface area contributed by atoms with Gasteiger partial charge in [0.1, 0.15) is 44.2 Å². The van der Waals surface area contributed by atoms with Gasteiger partial charge >= 0.3 is 0 Å². The van der Waals surface area contributed by atoms with Crippen LogP contribution in [0.1, 0.15) is 0 Å². The highest BCUT2D eigenvalue weighted by Gasteiger charge is 2.28. The summed E-state index contributed by atoms with van der Waals surface area (Å²) in [5, 5.41) is 45.1. The Balaban J connectivity index is 2.25. The number of nitrogens with zero attached hydrogens (tertiary/aromatic N) is 2. The van der Waals surface area contributed by atoms with Crippen LogP contribution in [-0.2, 0) is 40.5 Å². The summed E-state index contributed by atoms with van der Waals surface area (Å²) in [7, 11) is -21.0. The minimum atomic E-state index is -5.40. The predicted molar refractivity (Wildman–Crippen MR) is 138 cm³/mol. The summed E-state index contributed by atoms with van der Waals surface area (Å²) >= 11 is 0. The fraction of sp³-hybridized carbons (Fsp3) is 0. The molecule has 0 spiro atoms. The van der Waals surface area contributed by atoms with Crippen molar-refractivity contribution < 1.29 is 72.3 Å². The fourth-order valence-corrected chi connectivity index (χ4v) is 6.27. The van der Waals surface area contributed by atoms with Gasteiger partial charge in [0.2, 0.25) is 0 Å². The monoisotopic (exact) mass is 666 g/mol. The lowest BCUT2D eigenvalue weighted by molar-refractivity contribution is 0.456. The molecule has 0 unspecified atom stereocenters. The molecule has 0 heterocycles. The smallest absolute Gasteiger partial charge is 0.296 e. The highest BCUT2D eigenvalue weighted by atomic mass is 32.2. The number of azo groups is 1. The third kappa shape index (κ3) is 5.51. The Morgan fingerprint density at radius 3 is 0.976 bits per heavy atom. The minimum Gasteiger partial charge on any atom is -0.507 e. The summed E-state index contributed by atoms with van der Waals surface area (Å²) in [5.74, 6) is -4.25. The molecule has 0 aliphatic heterocycles. The van der Waals surface area contributed by atoms with Crippen LogP contribution in [-0.4, -0.2) is 72.3 Å². The van der Waals surface area contributed by atoms with E-state index in [2.05, 4.69) is 10.2 Å². The van der Waals surface area contributed by atoms with Crippen molar-refractivity contribution in [2.45, 2.75) is 19.6 Å². The molecule has 8 N–H and O–H groups in total. The SMILES string of the molecule is O=S(=O)(O)c1cc(O)c2c(O)cc(S(=O)(=O)O)c(N=Nc3c(S(=O)(=O)O)cc(O)c4c(O)cc(S(=O)(=O)O)cc34)c2c1. The number of phenols is 4. The molecule has 4 rings (SSSR count). The van der Waals surface area contributed by atoms with Crippen LogP contribution in [0.3, 0.4) is 0 Å². The predicted octanol–water partition coefficient (Wildman–Crippen LogP) is 2.22. The molecule has 22 heteroatoms. The number of hydrogen-bond acceptors (Lipinski definition) is 14. The van der Waals surface area contributed by atoms with E-state index in [1.54, 1.807) is 0 Å². The molecular weight excluding hydrogens is 652 g/mol. The molecule has 0 aromatic heterocycles. The van der Waals surface area contributed by atoms with E-state index in [0.717, 1.165) is 0 Å². The largest absolute Gasteiger partial charge is 0.507 e. The molecule has 0 fully saturated rings. The van der Waals surface area contributed by atoms with Crippen LogP contribution in [0.25, 0.3) is 21.5 Å². The molecular formula is C20H14N2O16S4. The zero-order chi connectivity index (χ0) is 31.7. The van der Waals surface area contributed by atoms with Crippen molar-refractivity contribution in [3.05, 3.63) is 36.4 Å². The molecule has 224 valence electrons. The highest BCUT2D eigenvalue weighted by molar-refractivity contribution is 7.86. The fourth-order valence-electron chi connectivity index (χ4n) is 3.91. The van der Waals surface area contributed by atoms with Crippen molar-refractivity contribution in [2.24, 2.45) is 10.2 Å². The van der Waals surface area contributed by atoms with E-state index in [-0.39, 0.29) is 0 Å². The topological polar surface area (TPSA) is 323 Å². The first-order valence-electron chi connectivity index (χ1n) is 10.4. The van der Waals surface area contributed by atoms with E-state index in [9.17, 15) is 72.3 Å². The van der Waals surface area contributed by atoms with Gasteiger partial charge in [-0.1, -0.05) is 0 Å². The van der Waals surface area contributed by atoms with Gasteiger partial charge in [0.05, 0.1) is 20.6 Å². The lowest BCUT2D eigenvalue weighted by atomic mass is 10.1. The van der Waals surface area contributed by atoms with Crippen LogP contribution in [0, 0.1) is 0 Å². The molecule has 0 saturated carbocycles. The Bertz CT molecular complexity index is 2150. The van der Waals surface area contributed by atoms with Crippen molar-refractivity contribution in [1.82, 2.24) is 0 Å². The van der Waals surface area contributed by atoms with Crippen LogP contribution >= 0.6 is 0 Å². The van der Waals surface area contributed by atoms with Crippen molar-refractivity contribution >= 4 is 73.4 Å². The Kier molecular flexibility index (Phi) is 7.11. The van der Waals surface area contributed by atoms with Gasteiger partial charge in [-0.3, -0.25) is 18.2 Å². The average Bonchev–Trinajstić information content (AvgIpc) is 2.80. The Labute approximate surface area is 234 Å². The highest BCUT2D eigenvalue weighted by Crippen LogP contribution is 2.47. The van der Waals surface area contributed by atoms with Crippen LogP contribution in [0.2, 0.25) is 0 Å². The van der Waals surface area contributed by atoms with E-state index >= 15 is 0 Å². The number of phenolic OH excluding ortho intramolecular Hbond substituents is 4. The third-order valence-electron chi connectivity index (χ3n) is 5.61. The quantitative estimate of drug-likeness (QED) is 0.108. The van der Waals surface area contributed by atoms with Gasteiger partial charge in [-0.25, -0.2) is 0 Å². The number of aromatic hydroxyl groups is 4. The van der Waals surface area contributed by atoms with E-state index in [4.69, 9.17) is 0 Å². The van der Waals surface area contributed by atoms with Gasteiger partial charge in [-0.15, -0.1) is 10.2 Å². The maximum atomic E-state index is 12.1. The number of fused-ring (bicyclic) bond motifs is 2. The summed E-state index contributed by atoms with van der Waals surface area (Å²) in [5.41, 5.74) is -2.22. The van der Waals surface area contributed by atoms with E-state index in [1.807, 2.05) is 0 Å². The van der Waals surface area contributed by atoms with E-state index in [0.29, 0.717) is 36.4 Å². The number of rotatable bonds is 6. The lowest BCUT2D eigenvalue weighted by Crippen LogP contribution is -2.02. The van der Waals surface area contributed by atoms with Gasteiger partial charge in [-0.2, -0.15) is 33.7 Å². The second-order valence-electron chi connectivity index (χ2n) is 8.32. The van der Waals surface area contributed by atoms with Crippen molar-refractivity contribution in [3.63, 3.8) is 0 Å². The Morgan fingerprint density at radius 1 is 0.429 bits per heavy atom. The summed E-state index contributed by atoms with van der Waals surface area (Å²) in [6.07, 6.45) is 0. The third-order valence-corrected chi connectivity index (χ3v) is 9.01. The van der Waals surface area contributed by atoms with Crippen molar-refractivity contribution in [1.29, 1.82) is 0 Å². The van der Waals surface area contributed by atoms with Gasteiger partial charge in [0.15, 0.2) is 0 Å². The molecule has 42 heavy (non-hydrogen) atoms. The van der Waals surface area contributed by atoms with Crippen LogP contribution < -0.4 is 0 Å². The molecule has 0 saturated heterocycles. The first-order chi connectivity index (χ1) is 19.0. The first-order valence-corrected chi connectivity index (χ1v) is 16.1. The molecule has 0 aliphatic carbocycles. The van der Waals surface area contributed by atoms with Crippen LogP contribution in [0.5, 0.6) is 23.0 Å². The van der Waals surface area contributed by atoms with E-state index < -0.39 is 116 Å². The molecule has 0 radical (unpaired) electrons. The molecule has 4 aromatic rings. The molecule has 18 nitrogen and oxygen atoms in total. The number of hydrogen-bond donors (Lipinski definition) is 8. The second kappa shape index (κ2) is 9.70. The molecule has 0 aliphatic rings. The zero-order valence-corrected chi connectivity index (χ0v) is 23.1. The van der Waals surface area contributed by atoms with Gasteiger partial charge in [0, 0.05) is 35.0 Å². The normalized spacial score (nSPS) is 13.3. The zero-order valence-electron chi connectivity index (χ0n) is 19.8. The molecule has 0 bridgehead atoms. The first kappa shape index (κ1) is 30.8. The Morgan fingerprint density at radius 2 is 0.714 bits per heavy atom. The summed E-state index contributed by atoms with van der Waals surface area (Å²) in [4.78, 5) is -4.79. The minimum absolute atomic E-state index is 0.333. The summed E-state index contributed by atoms with van der Waals surface area (Å²) < 4.78 is 134. The van der Waals surface area contributed by atoms with Crippen molar-refractivity contribution in [2.75, 3.05) is 0 Å². The second-order valence-corrected chi connectivity index (χ2v) is 13.9. The number of benzene rings is 4. The maximum absolute atomic E-state index is 12.1. The summed E-state index contributed by atoms with van der Waals surface area (Å²) in [6, 6.07) is 2.53. The summed E-state index contributed by atoms with van der Waals surface area (Å²) in [6.45, 7) is 0. The van der Waals surface area contributed by atoms with Gasteiger partial charge in [-0.05, 0) is 12.1 Å². The van der Waals surface area contributed by atoms with Crippen LogP contribution in [0.15, 0.2) is 66.2 Å². The van der Waals surface area contributed by atoms with Gasteiger partial charge in [0.25, 0.3) is 40.5 Å². The molecule has 0 atom stereocenters. The van der Waals surface area contributed by atoms with Gasteiger partial charge < -0.3 is 20.4 Å². The van der Waals surface area contributed by atoms with E-state index in [1.165, 1.54) is 0 Å². The van der Waals surface area contributed by atoms with Crippen LogP contribution in [0.4, 0.5) is 11.4 Å². The molecule has 0 amide bonds. The van der Waals surface area contributed by atoms with Crippen molar-refractivity contribution in [3.8, 4) is 23.0 Å². The standard InChI is InChI=1S/C20H14N2O16S4/c23-11-3-7(39(27,28)29)1-9-17(11)13(25)5-15(41(33,34)35)19(9)21-22-20-10-2-8(40(30,31)32)4-12(24)18(10)14(26)6-16(20)42(36,37)38/h1-6,23-26H,(H,27,28,29)(H,30,31,32)(H,33,34,35)(H,36,37,38).